The van der Waals surface area contributed by atoms with Gasteiger partial charge in [-0.3, -0.25) is 0 Å². The Hall–Kier alpha value is -2.04. The summed E-state index contributed by atoms with van der Waals surface area (Å²) in [5.41, 5.74) is 2.23. The Bertz CT molecular complexity index is 605. The van der Waals surface area contributed by atoms with Gasteiger partial charge in [0.25, 0.3) is 0 Å². The van der Waals surface area contributed by atoms with E-state index in [1.807, 2.05) is 36.4 Å². The van der Waals surface area contributed by atoms with Gasteiger partial charge in [0.05, 0.1) is 26.9 Å². The smallest absolute Gasteiger partial charge is 0.122 e. The highest BCUT2D eigenvalue weighted by Gasteiger charge is 2.08. The van der Waals surface area contributed by atoms with Crippen LogP contribution in [0.5, 0.6) is 11.5 Å². The highest BCUT2D eigenvalue weighted by Crippen LogP contribution is 2.24. The first kappa shape index (κ1) is 20.3. The lowest BCUT2D eigenvalue weighted by Crippen LogP contribution is -2.10. The third kappa shape index (κ3) is 7.46. The van der Waals surface area contributed by atoms with Crippen molar-refractivity contribution in [1.29, 1.82) is 0 Å². The first-order valence-corrected chi connectivity index (χ1v) is 9.23. The Morgan fingerprint density at radius 2 is 1.54 bits per heavy atom. The quantitative estimate of drug-likeness (QED) is 0.572. The standard InChI is InChI=1S/C22H30O4/c1-24-21-14-19(15-22(16-21)25-2)13-20(23)11-7-4-8-12-26-17-18-9-5-3-6-10-18/h3,5-6,9-10,14-16,20,23H,4,7-8,11-13,17H2,1-2H3/t20-/m1/s1. The monoisotopic (exact) mass is 358 g/mol. The van der Waals surface area contributed by atoms with E-state index in [0.29, 0.717) is 13.0 Å². The molecule has 2 aromatic carbocycles. The molecule has 26 heavy (non-hydrogen) atoms. The third-order valence-corrected chi connectivity index (χ3v) is 4.32. The summed E-state index contributed by atoms with van der Waals surface area (Å²) in [6.45, 7) is 1.43. The Morgan fingerprint density at radius 1 is 0.846 bits per heavy atom. The molecule has 4 nitrogen and oxygen atoms in total. The van der Waals surface area contributed by atoms with Crippen molar-refractivity contribution in [3.05, 3.63) is 59.7 Å². The van der Waals surface area contributed by atoms with Crippen LogP contribution in [-0.2, 0) is 17.8 Å². The van der Waals surface area contributed by atoms with Crippen LogP contribution in [-0.4, -0.2) is 32.0 Å². The lowest BCUT2D eigenvalue weighted by molar-refractivity contribution is 0.114. The van der Waals surface area contributed by atoms with Crippen LogP contribution in [0.2, 0.25) is 0 Å². The molecule has 1 atom stereocenters. The number of aliphatic hydroxyl groups is 1. The molecule has 0 heterocycles. The van der Waals surface area contributed by atoms with Gasteiger partial charge in [-0.25, -0.2) is 0 Å². The summed E-state index contributed by atoms with van der Waals surface area (Å²) in [5, 5.41) is 10.3. The van der Waals surface area contributed by atoms with E-state index >= 15 is 0 Å². The molecule has 2 aromatic rings. The van der Waals surface area contributed by atoms with Crippen molar-refractivity contribution in [2.45, 2.75) is 44.8 Å². The van der Waals surface area contributed by atoms with Gasteiger partial charge in [0, 0.05) is 12.7 Å². The average molecular weight is 358 g/mol. The van der Waals surface area contributed by atoms with Crippen LogP contribution >= 0.6 is 0 Å². The summed E-state index contributed by atoms with van der Waals surface area (Å²) in [6, 6.07) is 15.9. The number of methoxy groups -OCH3 is 2. The van der Waals surface area contributed by atoms with E-state index in [2.05, 4.69) is 12.1 Å². The topological polar surface area (TPSA) is 47.9 Å². The number of benzene rings is 2. The molecule has 142 valence electrons. The highest BCUT2D eigenvalue weighted by molar-refractivity contribution is 5.38. The van der Waals surface area contributed by atoms with Crippen molar-refractivity contribution < 1.29 is 19.3 Å². The second-order valence-electron chi connectivity index (χ2n) is 6.47. The van der Waals surface area contributed by atoms with Crippen LogP contribution in [0, 0.1) is 0 Å². The largest absolute Gasteiger partial charge is 0.497 e. The summed E-state index contributed by atoms with van der Waals surface area (Å²) in [5.74, 6) is 1.50. The van der Waals surface area contributed by atoms with Crippen molar-refractivity contribution in [2.75, 3.05) is 20.8 Å². The van der Waals surface area contributed by atoms with E-state index in [1.54, 1.807) is 14.2 Å². The maximum atomic E-state index is 10.3. The van der Waals surface area contributed by atoms with Crippen molar-refractivity contribution in [2.24, 2.45) is 0 Å². The Labute approximate surface area is 156 Å². The summed E-state index contributed by atoms with van der Waals surface area (Å²) in [6.07, 6.45) is 4.13. The van der Waals surface area contributed by atoms with Gasteiger partial charge in [-0.1, -0.05) is 43.2 Å². The minimum atomic E-state index is -0.350. The fourth-order valence-electron chi connectivity index (χ4n) is 2.88. The van der Waals surface area contributed by atoms with E-state index < -0.39 is 0 Å². The molecule has 0 aromatic heterocycles. The number of ether oxygens (including phenoxy) is 3. The molecule has 0 aliphatic heterocycles. The number of hydrogen-bond acceptors (Lipinski definition) is 4. The summed E-state index contributed by atoms with van der Waals surface area (Å²) in [7, 11) is 3.27. The summed E-state index contributed by atoms with van der Waals surface area (Å²) >= 11 is 0. The van der Waals surface area contributed by atoms with Gasteiger partial charge in [-0.2, -0.15) is 0 Å². The number of unbranched alkanes of at least 4 members (excludes halogenated alkanes) is 2. The second-order valence-corrected chi connectivity index (χ2v) is 6.47. The molecular formula is C22H30O4. The molecule has 0 saturated carbocycles. The molecular weight excluding hydrogens is 328 g/mol. The van der Waals surface area contributed by atoms with Crippen LogP contribution in [0.15, 0.2) is 48.5 Å². The molecule has 0 unspecified atom stereocenters. The summed E-state index contributed by atoms with van der Waals surface area (Å²) < 4.78 is 16.2. The number of aliphatic hydroxyl groups excluding tert-OH is 1. The zero-order valence-corrected chi connectivity index (χ0v) is 15.8. The van der Waals surface area contributed by atoms with Crippen LogP contribution in [0.1, 0.15) is 36.8 Å². The van der Waals surface area contributed by atoms with E-state index in [9.17, 15) is 5.11 Å². The molecule has 0 spiro atoms. The molecule has 0 bridgehead atoms. The number of hydrogen-bond donors (Lipinski definition) is 1. The Balaban J connectivity index is 1.59. The fourth-order valence-corrected chi connectivity index (χ4v) is 2.88. The van der Waals surface area contributed by atoms with Crippen LogP contribution in [0.3, 0.4) is 0 Å². The SMILES string of the molecule is COc1cc(C[C@H](O)CCCCCOCc2ccccc2)cc(OC)c1. The first-order chi connectivity index (χ1) is 12.7. The molecule has 0 fully saturated rings. The number of rotatable bonds is 12. The lowest BCUT2D eigenvalue weighted by Gasteiger charge is -2.13. The zero-order chi connectivity index (χ0) is 18.6. The van der Waals surface area contributed by atoms with Gasteiger partial charge in [0.1, 0.15) is 11.5 Å². The van der Waals surface area contributed by atoms with Crippen molar-refractivity contribution in [3.8, 4) is 11.5 Å². The van der Waals surface area contributed by atoms with E-state index in [-0.39, 0.29) is 6.10 Å². The predicted octanol–water partition coefficient (Wildman–Crippen LogP) is 4.38. The van der Waals surface area contributed by atoms with Gasteiger partial charge >= 0.3 is 0 Å². The van der Waals surface area contributed by atoms with Gasteiger partial charge in [0.2, 0.25) is 0 Å². The van der Waals surface area contributed by atoms with E-state index in [4.69, 9.17) is 14.2 Å². The van der Waals surface area contributed by atoms with Crippen molar-refractivity contribution in [1.82, 2.24) is 0 Å². The van der Waals surface area contributed by atoms with Crippen LogP contribution < -0.4 is 9.47 Å². The van der Waals surface area contributed by atoms with Gasteiger partial charge in [0.15, 0.2) is 0 Å². The minimum Gasteiger partial charge on any atom is -0.497 e. The molecule has 0 amide bonds. The predicted molar refractivity (Wildman–Crippen MR) is 104 cm³/mol. The van der Waals surface area contributed by atoms with Crippen LogP contribution in [0.4, 0.5) is 0 Å². The highest BCUT2D eigenvalue weighted by atomic mass is 16.5. The lowest BCUT2D eigenvalue weighted by atomic mass is 10.0. The summed E-state index contributed by atoms with van der Waals surface area (Å²) in [4.78, 5) is 0. The first-order valence-electron chi connectivity index (χ1n) is 9.23. The van der Waals surface area contributed by atoms with Crippen molar-refractivity contribution >= 4 is 0 Å². The molecule has 0 aliphatic carbocycles. The minimum absolute atomic E-state index is 0.350. The van der Waals surface area contributed by atoms with Crippen molar-refractivity contribution in [3.63, 3.8) is 0 Å². The van der Waals surface area contributed by atoms with Crippen LogP contribution in [0.25, 0.3) is 0 Å². The van der Waals surface area contributed by atoms with E-state index in [0.717, 1.165) is 49.4 Å². The molecule has 4 heteroatoms. The fraction of sp³-hybridized carbons (Fsp3) is 0.455. The average Bonchev–Trinajstić information content (AvgIpc) is 2.67. The molecule has 1 N–H and O–H groups in total. The molecule has 0 radical (unpaired) electrons. The maximum absolute atomic E-state index is 10.3. The van der Waals surface area contributed by atoms with Gasteiger partial charge < -0.3 is 19.3 Å². The normalized spacial score (nSPS) is 12.0. The Morgan fingerprint density at radius 3 is 2.19 bits per heavy atom. The van der Waals surface area contributed by atoms with E-state index in [1.165, 1.54) is 5.56 Å². The molecule has 0 aliphatic rings. The second kappa shape index (κ2) is 11.6. The van der Waals surface area contributed by atoms with Gasteiger partial charge in [-0.15, -0.1) is 0 Å². The Kier molecular flexibility index (Phi) is 9.01. The maximum Gasteiger partial charge on any atom is 0.122 e. The molecule has 0 saturated heterocycles. The van der Waals surface area contributed by atoms with Gasteiger partial charge in [-0.05, 0) is 42.5 Å². The third-order valence-electron chi connectivity index (χ3n) is 4.32. The molecule has 2 rings (SSSR count). The zero-order valence-electron chi connectivity index (χ0n) is 15.8.